The maximum absolute atomic E-state index is 12.7. The van der Waals surface area contributed by atoms with Crippen LogP contribution >= 0.6 is 11.6 Å². The van der Waals surface area contributed by atoms with Crippen LogP contribution in [0.5, 0.6) is 0 Å². The Morgan fingerprint density at radius 2 is 1.20 bits per heavy atom. The van der Waals surface area contributed by atoms with E-state index in [1.165, 1.54) is 0 Å². The maximum Gasteiger partial charge on any atom is 0 e. The number of allylic oxidation sites excluding steroid dienone is 1. The van der Waals surface area contributed by atoms with Crippen LogP contribution in [0.3, 0.4) is 0 Å². The van der Waals surface area contributed by atoms with Gasteiger partial charge in [0.15, 0.2) is 5.83 Å². The molecule has 0 fully saturated rings. The first kappa shape index (κ1) is 43.5. The summed E-state index contributed by atoms with van der Waals surface area (Å²) >= 11 is 5.19. The molecule has 0 aromatic heterocycles. The Morgan fingerprint density at radius 3 is 1.44 bits per heavy atom. The first-order chi connectivity index (χ1) is 11.4. The minimum absolute atomic E-state index is 0. The average molecular weight is 418 g/mol. The molecule has 0 aromatic rings. The van der Waals surface area contributed by atoms with E-state index in [-0.39, 0.29) is 17.4 Å². The largest absolute Gasteiger partial charge is 0 e. The summed E-state index contributed by atoms with van der Waals surface area (Å²) in [4.78, 5) is 2.69. The molecular weight excluding hydrogens is 409 g/mol. The van der Waals surface area contributed by atoms with Gasteiger partial charge < -0.3 is 0 Å². The third-order valence-corrected chi connectivity index (χ3v) is 2.08. The topological polar surface area (TPSA) is 104 Å². The summed E-state index contributed by atoms with van der Waals surface area (Å²) in [5, 5.41) is -0.549. The molecule has 0 aromatic carbocycles. The molecule has 0 bridgehead atoms. The predicted octanol–water partition coefficient (Wildman–Crippen LogP) is 2.98. The van der Waals surface area contributed by atoms with Crippen LogP contribution in [0, 0.1) is 63.1 Å². The summed E-state index contributed by atoms with van der Waals surface area (Å²) in [6.45, 7) is 35.1. The summed E-state index contributed by atoms with van der Waals surface area (Å²) in [6.07, 6.45) is 0. The van der Waals surface area contributed by atoms with Gasteiger partial charge in [-0.05, 0) is 17.8 Å². The molecule has 0 atom stereocenters. The van der Waals surface area contributed by atoms with Gasteiger partial charge in [0, 0.05) is 17.4 Å². The van der Waals surface area contributed by atoms with Crippen molar-refractivity contribution in [2.45, 2.75) is 19.6 Å². The van der Waals surface area contributed by atoms with E-state index in [9.17, 15) is 4.39 Å². The van der Waals surface area contributed by atoms with Crippen molar-refractivity contribution in [2.24, 2.45) is 0 Å². The summed E-state index contributed by atoms with van der Waals surface area (Å²) in [5.41, 5.74) is 2.94. The Balaban J connectivity index is -0.0000000504. The zero-order valence-electron chi connectivity index (χ0n) is 13.2. The Morgan fingerprint density at radius 1 is 0.880 bits per heavy atom. The van der Waals surface area contributed by atoms with E-state index in [4.69, 9.17) is 41.4 Å². The summed E-state index contributed by atoms with van der Waals surface area (Å²) in [6, 6.07) is 0. The number of nitrogens with zero attached hydrogens (tertiary/aromatic N) is 1. The molecule has 0 radical (unpaired) electrons. The molecule has 0 N–H and O–H groups in total. The molecule has 10 heteroatoms. The molecule has 0 saturated carbocycles. The molecule has 0 saturated heterocycles. The molecule has 0 aliphatic heterocycles. The first-order valence-electron chi connectivity index (χ1n) is 4.85. The van der Waals surface area contributed by atoms with Crippen molar-refractivity contribution >= 4 is 19.7 Å². The molecule has 0 amide bonds. The van der Waals surface area contributed by atoms with Crippen LogP contribution in [0.25, 0.3) is 4.85 Å². The number of hydrogen-bond acceptors (Lipinski definition) is 0. The fourth-order valence-corrected chi connectivity index (χ4v) is 0.890. The molecule has 0 spiro atoms. The van der Waals surface area contributed by atoms with Gasteiger partial charge in [-0.1, -0.05) is 19.6 Å². The third-order valence-electron chi connectivity index (χ3n) is 0.952. The average Bonchev–Trinajstić information content (AvgIpc) is 2.65. The molecule has 0 rings (SSSR count). The maximum atomic E-state index is 12.7. The van der Waals surface area contributed by atoms with Crippen molar-refractivity contribution in [3.63, 3.8) is 0 Å². The van der Waals surface area contributed by atoms with E-state index in [0.717, 1.165) is 0 Å². The normalized spacial score (nSPS) is 6.64. The van der Waals surface area contributed by atoms with Gasteiger partial charge in [0.1, 0.15) is 8.07 Å². The van der Waals surface area contributed by atoms with Crippen LogP contribution in [0.15, 0.2) is 11.0 Å². The molecule has 0 aliphatic rings. The fourth-order valence-electron chi connectivity index (χ4n) is 0.406. The minimum Gasteiger partial charge on any atom is 0 e. The van der Waals surface area contributed by atoms with Crippen LogP contribution in [0.2, 0.25) is 19.6 Å². The van der Waals surface area contributed by atoms with Gasteiger partial charge in [-0.15, -0.1) is 17.1 Å². The van der Waals surface area contributed by atoms with Crippen LogP contribution < -0.4 is 0 Å². The molecule has 0 heterocycles. The minimum atomic E-state index is -1.46. The van der Waals surface area contributed by atoms with E-state index in [1.54, 1.807) is 0 Å². The van der Waals surface area contributed by atoms with Crippen molar-refractivity contribution in [1.82, 2.24) is 0 Å². The van der Waals surface area contributed by atoms with Crippen LogP contribution in [-0.4, -0.2) is 8.07 Å². The van der Waals surface area contributed by atoms with E-state index < -0.39 is 19.1 Å². The van der Waals surface area contributed by atoms with Gasteiger partial charge in [-0.25, -0.2) is 9.24 Å². The zero-order chi connectivity index (χ0) is 21.2. The third kappa shape index (κ3) is 61.1. The molecule has 6 nitrogen and oxygen atoms in total. The van der Waals surface area contributed by atoms with Gasteiger partial charge >= 0.3 is 56.5 Å². The fraction of sp³-hybridized carbons (Fsp3) is 0.200. The molecule has 0 unspecified atom stereocenters. The predicted molar refractivity (Wildman–Crippen MR) is 79.1 cm³/mol. The summed E-state index contributed by atoms with van der Waals surface area (Å²) in [5.74, 6) is 6.02. The number of hydrogen-bond donors (Lipinski definition) is 0. The number of halogens is 2. The summed E-state index contributed by atoms with van der Waals surface area (Å²) < 4.78 is 50.2. The Hall–Kier alpha value is -1.98. The van der Waals surface area contributed by atoms with Crippen LogP contribution in [0.4, 0.5) is 4.39 Å². The zero-order valence-corrected chi connectivity index (χ0v) is 16.2. The first-order valence-corrected chi connectivity index (χ1v) is 8.72. The quantitative estimate of drug-likeness (QED) is 0.190. The molecule has 128 valence electrons. The molecule has 25 heavy (non-hydrogen) atoms. The van der Waals surface area contributed by atoms with Crippen molar-refractivity contribution in [2.75, 3.05) is 0 Å². The van der Waals surface area contributed by atoms with Gasteiger partial charge in [0.25, 0.3) is 5.16 Å². The van der Waals surface area contributed by atoms with Crippen molar-refractivity contribution in [1.29, 1.82) is 0 Å². The van der Waals surface area contributed by atoms with E-state index in [2.05, 4.69) is 81.0 Å². The van der Waals surface area contributed by atoms with Gasteiger partial charge in [0.2, 0.25) is 0 Å². The Labute approximate surface area is 163 Å². The molecule has 0 aliphatic carbocycles. The van der Waals surface area contributed by atoms with E-state index >= 15 is 0 Å². The SMILES string of the molecule is [C-]#[N+]/C(Cl)=C(/F)C#CC#C[Si](C)(C)C.[C-]#[O+].[C-]#[O+].[C-]#[O+].[C-]#[O+].[C-]#[O+].[Cr]. The van der Waals surface area contributed by atoms with Gasteiger partial charge in [-0.3, -0.25) is 0 Å². The Kier molecular flexibility index (Phi) is 75.0. The van der Waals surface area contributed by atoms with Crippen molar-refractivity contribution < 1.29 is 45.0 Å². The smallest absolute Gasteiger partial charge is 0 e. The van der Waals surface area contributed by atoms with E-state index in [0.29, 0.717) is 0 Å². The van der Waals surface area contributed by atoms with Crippen molar-refractivity contribution in [3.8, 4) is 23.3 Å². The second-order valence-electron chi connectivity index (χ2n) is 3.47. The second kappa shape index (κ2) is 43.1. The number of rotatable bonds is 0. The Bertz CT molecular complexity index is 582. The van der Waals surface area contributed by atoms with Crippen LogP contribution in [0.1, 0.15) is 0 Å². The molecular formula is C15H9ClCrFNO5Si. The monoisotopic (exact) mass is 417 g/mol. The van der Waals surface area contributed by atoms with Crippen molar-refractivity contribution in [3.05, 3.63) is 55.7 Å². The van der Waals surface area contributed by atoms with Crippen LogP contribution in [-0.2, 0) is 40.6 Å². The second-order valence-corrected chi connectivity index (χ2v) is 8.57. The summed E-state index contributed by atoms with van der Waals surface area (Å²) in [7, 11) is -1.46. The van der Waals surface area contributed by atoms with Gasteiger partial charge in [0.05, 0.1) is 6.57 Å². The van der Waals surface area contributed by atoms with E-state index in [1.807, 2.05) is 0 Å². The standard InChI is InChI=1S/C10H9ClFNSi.5CO.Cr/c1-13-10(11)9(12)7-5-6-8-14(2,3)4;5*1-2;/h2-4H3;;;;;;/b10-9+;;;;;;. The van der Waals surface area contributed by atoms with Gasteiger partial charge in [-0.2, -0.15) is 0 Å².